The molecule has 0 fully saturated rings. The SMILES string of the molecule is O=c1c(-c2ccccc2)c2c3ccccc3n3c(=O)c(-c4ccccc4)c4c5ccccc5n1c4c23. The van der Waals surface area contributed by atoms with E-state index in [1.807, 2.05) is 118 Å². The van der Waals surface area contributed by atoms with Gasteiger partial charge in [0.25, 0.3) is 11.1 Å². The molecule has 8 rings (SSSR count). The summed E-state index contributed by atoms with van der Waals surface area (Å²) in [5.41, 5.74) is 6.00. The minimum absolute atomic E-state index is 0.0733. The Hall–Kier alpha value is -4.96. The van der Waals surface area contributed by atoms with Crippen LogP contribution < -0.4 is 11.1 Å². The van der Waals surface area contributed by atoms with Gasteiger partial charge in [0.2, 0.25) is 0 Å². The predicted octanol–water partition coefficient (Wildman–Crippen LogP) is 6.58. The van der Waals surface area contributed by atoms with Crippen LogP contribution in [0.4, 0.5) is 0 Å². The van der Waals surface area contributed by atoms with Crippen molar-refractivity contribution in [3.8, 4) is 22.3 Å². The zero-order chi connectivity index (χ0) is 24.0. The molecule has 0 saturated heterocycles. The number of fused-ring (bicyclic) bond motifs is 6. The Bertz CT molecular complexity index is 2060. The number of rotatable bonds is 2. The van der Waals surface area contributed by atoms with Crippen LogP contribution in [0.5, 0.6) is 0 Å². The number of para-hydroxylation sites is 2. The van der Waals surface area contributed by atoms with E-state index in [4.69, 9.17) is 0 Å². The summed E-state index contributed by atoms with van der Waals surface area (Å²) in [6, 6.07) is 35.4. The highest BCUT2D eigenvalue weighted by molar-refractivity contribution is 6.28. The highest BCUT2D eigenvalue weighted by Gasteiger charge is 2.29. The van der Waals surface area contributed by atoms with Crippen LogP contribution in [0.3, 0.4) is 0 Å². The molecule has 36 heavy (non-hydrogen) atoms. The van der Waals surface area contributed by atoms with Gasteiger partial charge in [0.15, 0.2) is 0 Å². The fourth-order valence-electron chi connectivity index (χ4n) is 6.04. The van der Waals surface area contributed by atoms with Crippen molar-refractivity contribution < 1.29 is 0 Å². The number of pyridine rings is 2. The number of hydrogen-bond acceptors (Lipinski definition) is 2. The van der Waals surface area contributed by atoms with Crippen LogP contribution in [0.1, 0.15) is 0 Å². The van der Waals surface area contributed by atoms with Crippen LogP contribution in [-0.4, -0.2) is 8.80 Å². The second-order valence-corrected chi connectivity index (χ2v) is 9.24. The van der Waals surface area contributed by atoms with Crippen molar-refractivity contribution in [2.24, 2.45) is 0 Å². The van der Waals surface area contributed by atoms with Gasteiger partial charge in [-0.2, -0.15) is 0 Å². The van der Waals surface area contributed by atoms with Crippen LogP contribution in [0.25, 0.3) is 65.9 Å². The van der Waals surface area contributed by atoms with Gasteiger partial charge in [0.1, 0.15) is 0 Å². The lowest BCUT2D eigenvalue weighted by molar-refractivity contribution is 1.15. The van der Waals surface area contributed by atoms with Gasteiger partial charge in [-0.15, -0.1) is 0 Å². The first-order valence-electron chi connectivity index (χ1n) is 12.0. The molecule has 0 amide bonds. The normalized spacial score (nSPS) is 12.1. The van der Waals surface area contributed by atoms with E-state index >= 15 is 0 Å². The first-order chi connectivity index (χ1) is 17.8. The summed E-state index contributed by atoms with van der Waals surface area (Å²) in [6.07, 6.45) is 0. The van der Waals surface area contributed by atoms with Crippen molar-refractivity contribution in [1.29, 1.82) is 0 Å². The zero-order valence-corrected chi connectivity index (χ0v) is 19.1. The Labute approximate surface area is 204 Å². The Morgan fingerprint density at radius 1 is 0.417 bits per heavy atom. The molecule has 4 aromatic heterocycles. The Balaban J connectivity index is 1.81. The summed E-state index contributed by atoms with van der Waals surface area (Å²) in [4.78, 5) is 28.9. The quantitative estimate of drug-likeness (QED) is 0.291. The van der Waals surface area contributed by atoms with Gasteiger partial charge in [-0.3, -0.25) is 18.4 Å². The van der Waals surface area contributed by atoms with E-state index in [1.54, 1.807) is 0 Å². The van der Waals surface area contributed by atoms with Gasteiger partial charge >= 0.3 is 0 Å². The summed E-state index contributed by atoms with van der Waals surface area (Å²) in [5, 5.41) is 3.48. The van der Waals surface area contributed by atoms with Crippen LogP contribution >= 0.6 is 0 Å². The number of hydrogen-bond donors (Lipinski definition) is 0. The van der Waals surface area contributed by atoms with Crippen LogP contribution in [0.15, 0.2) is 119 Å². The third-order valence-electron chi connectivity index (χ3n) is 7.43. The second kappa shape index (κ2) is 6.80. The smallest absolute Gasteiger partial charge is 0.264 e. The Morgan fingerprint density at radius 3 is 1.19 bits per heavy atom. The number of benzene rings is 4. The molecule has 0 radical (unpaired) electrons. The van der Waals surface area contributed by atoms with Gasteiger partial charge in [-0.25, -0.2) is 0 Å². The largest absolute Gasteiger partial charge is 0.274 e. The van der Waals surface area contributed by atoms with E-state index in [1.165, 1.54) is 0 Å². The molecular weight excluding hydrogens is 444 g/mol. The Kier molecular flexibility index (Phi) is 3.66. The zero-order valence-electron chi connectivity index (χ0n) is 19.1. The van der Waals surface area contributed by atoms with Crippen molar-refractivity contribution in [3.05, 3.63) is 130 Å². The van der Waals surface area contributed by atoms with E-state index in [-0.39, 0.29) is 11.1 Å². The van der Waals surface area contributed by atoms with Crippen molar-refractivity contribution >= 4 is 43.6 Å². The lowest BCUT2D eigenvalue weighted by Gasteiger charge is -2.11. The van der Waals surface area contributed by atoms with Gasteiger partial charge in [-0.1, -0.05) is 97.1 Å². The van der Waals surface area contributed by atoms with Crippen molar-refractivity contribution in [3.63, 3.8) is 0 Å². The predicted molar refractivity (Wildman–Crippen MR) is 147 cm³/mol. The molecular formula is C32H18N2O2. The molecule has 0 aliphatic heterocycles. The maximum Gasteiger partial charge on any atom is 0.264 e. The molecule has 4 nitrogen and oxygen atoms in total. The van der Waals surface area contributed by atoms with E-state index in [0.717, 1.165) is 54.7 Å². The van der Waals surface area contributed by atoms with Gasteiger partial charge < -0.3 is 0 Å². The monoisotopic (exact) mass is 462 g/mol. The first-order valence-corrected chi connectivity index (χ1v) is 12.0. The highest BCUT2D eigenvalue weighted by Crippen LogP contribution is 2.43. The summed E-state index contributed by atoms with van der Waals surface area (Å²) in [7, 11) is 0. The number of nitrogens with zero attached hydrogens (tertiary/aromatic N) is 2. The van der Waals surface area contributed by atoms with E-state index in [9.17, 15) is 9.59 Å². The molecule has 0 aliphatic rings. The average Bonchev–Trinajstić information content (AvgIpc) is 3.45. The number of aromatic nitrogens is 2. The van der Waals surface area contributed by atoms with Crippen LogP contribution in [0, 0.1) is 0 Å². The van der Waals surface area contributed by atoms with Crippen molar-refractivity contribution in [1.82, 2.24) is 8.80 Å². The maximum atomic E-state index is 14.4. The summed E-state index contributed by atoms with van der Waals surface area (Å²) < 4.78 is 3.64. The molecule has 0 saturated carbocycles. The molecule has 0 spiro atoms. The van der Waals surface area contributed by atoms with Crippen molar-refractivity contribution in [2.45, 2.75) is 0 Å². The molecule has 4 heterocycles. The highest BCUT2D eigenvalue weighted by atomic mass is 16.1. The maximum absolute atomic E-state index is 14.4. The van der Waals surface area contributed by atoms with E-state index in [0.29, 0.717) is 11.1 Å². The topological polar surface area (TPSA) is 43.0 Å². The molecule has 4 aromatic carbocycles. The summed E-state index contributed by atoms with van der Waals surface area (Å²) in [5.74, 6) is 0. The lowest BCUT2D eigenvalue weighted by Crippen LogP contribution is -2.20. The standard InChI is InChI=1S/C32H18N2O2/c35-31-25(19-11-3-1-4-12-19)27-21-15-7-9-17-23(21)34-29(27)30-28(22-16-8-10-18-24(22)33(30)31)26(32(34)36)20-13-5-2-6-14-20/h1-18H. The summed E-state index contributed by atoms with van der Waals surface area (Å²) >= 11 is 0. The van der Waals surface area contributed by atoms with Crippen LogP contribution in [-0.2, 0) is 0 Å². The molecule has 168 valence electrons. The summed E-state index contributed by atoms with van der Waals surface area (Å²) in [6.45, 7) is 0. The minimum atomic E-state index is -0.0733. The molecule has 0 aliphatic carbocycles. The molecule has 4 heteroatoms. The fraction of sp³-hybridized carbons (Fsp3) is 0. The third-order valence-corrected chi connectivity index (χ3v) is 7.43. The molecule has 0 unspecified atom stereocenters. The molecule has 0 bridgehead atoms. The van der Waals surface area contributed by atoms with Crippen molar-refractivity contribution in [2.75, 3.05) is 0 Å². The first kappa shape index (κ1) is 19.4. The van der Waals surface area contributed by atoms with Gasteiger partial charge in [-0.05, 0) is 23.3 Å². The van der Waals surface area contributed by atoms with Crippen LogP contribution in [0.2, 0.25) is 0 Å². The second-order valence-electron chi connectivity index (χ2n) is 9.24. The van der Waals surface area contributed by atoms with Gasteiger partial charge in [0.05, 0.1) is 33.2 Å². The lowest BCUT2D eigenvalue weighted by atomic mass is 9.98. The van der Waals surface area contributed by atoms with Gasteiger partial charge in [0, 0.05) is 21.5 Å². The minimum Gasteiger partial charge on any atom is -0.274 e. The Morgan fingerprint density at radius 2 is 0.778 bits per heavy atom. The van der Waals surface area contributed by atoms with E-state index in [2.05, 4.69) is 0 Å². The third kappa shape index (κ3) is 2.24. The average molecular weight is 463 g/mol. The molecule has 0 atom stereocenters. The van der Waals surface area contributed by atoms with E-state index < -0.39 is 0 Å². The fourth-order valence-corrected chi connectivity index (χ4v) is 6.04. The molecule has 0 N–H and O–H groups in total. The molecule has 8 aromatic rings.